The van der Waals surface area contributed by atoms with Crippen molar-refractivity contribution >= 4 is 18.0 Å². The van der Waals surface area contributed by atoms with Crippen LogP contribution in [0.15, 0.2) is 152 Å². The molecule has 0 spiro atoms. The quantitative estimate of drug-likeness (QED) is 0.0638. The molecule has 0 radical (unpaired) electrons. The molecule has 2 aliphatic carbocycles. The molecule has 0 fully saturated rings. The third-order valence-corrected chi connectivity index (χ3v) is 12.8. The summed E-state index contributed by atoms with van der Waals surface area (Å²) >= 11 is 0. The topological polar surface area (TPSA) is 103 Å². The Morgan fingerprint density at radius 3 is 1.69 bits per heavy atom. The van der Waals surface area contributed by atoms with Crippen LogP contribution in [0, 0.1) is 0 Å². The highest BCUT2D eigenvalue weighted by Gasteiger charge is 2.37. The molecule has 67 heavy (non-hydrogen) atoms. The molecule has 346 valence electrons. The fraction of sp³-hybridized carbons (Fsp3) is 0.328. The third kappa shape index (κ3) is 11.0. The molecule has 8 rings (SSSR count). The van der Waals surface area contributed by atoms with Crippen molar-refractivity contribution in [3.8, 4) is 22.3 Å². The van der Waals surface area contributed by atoms with E-state index in [4.69, 9.17) is 18.9 Å². The highest BCUT2D eigenvalue weighted by molar-refractivity contribution is 5.90. The second-order valence-corrected chi connectivity index (χ2v) is 18.3. The Hall–Kier alpha value is -6.55. The molecule has 6 aromatic rings. The molecule has 2 atom stereocenters. The van der Waals surface area contributed by atoms with E-state index >= 15 is 4.79 Å². The second kappa shape index (κ2) is 21.4. The summed E-state index contributed by atoms with van der Waals surface area (Å²) < 4.78 is 23.8. The SMILES string of the molecule is CCOC(CN(CCC(c1ccccc1)c1ccccc1)C(=O)C(CC(=O)OC(C)(C)C)NC(=O)OCC1c2ccccc2-c2cccc(CC3c4ccccc4-c4ccccc43)c21)OCC. The molecular weight excluding hydrogens is 837 g/mol. The summed E-state index contributed by atoms with van der Waals surface area (Å²) in [7, 11) is 0. The van der Waals surface area contributed by atoms with Crippen molar-refractivity contribution < 1.29 is 33.3 Å². The second-order valence-electron chi connectivity index (χ2n) is 18.3. The lowest BCUT2D eigenvalue weighted by atomic mass is 9.85. The zero-order valence-corrected chi connectivity index (χ0v) is 39.3. The van der Waals surface area contributed by atoms with Crippen LogP contribution in [-0.4, -0.2) is 73.7 Å². The zero-order chi connectivity index (χ0) is 46.9. The van der Waals surface area contributed by atoms with Gasteiger partial charge in [-0.3, -0.25) is 9.59 Å². The van der Waals surface area contributed by atoms with Gasteiger partial charge in [-0.25, -0.2) is 4.79 Å². The van der Waals surface area contributed by atoms with Gasteiger partial charge in [-0.05, 0) is 109 Å². The lowest BCUT2D eigenvalue weighted by Crippen LogP contribution is -2.52. The normalized spacial score (nSPS) is 14.2. The van der Waals surface area contributed by atoms with Gasteiger partial charge in [0.2, 0.25) is 5.91 Å². The minimum atomic E-state index is -1.31. The van der Waals surface area contributed by atoms with Crippen LogP contribution in [-0.2, 0) is 35.0 Å². The maximum Gasteiger partial charge on any atom is 0.407 e. The summed E-state index contributed by atoms with van der Waals surface area (Å²) in [6.07, 6.45) is -0.616. The van der Waals surface area contributed by atoms with Gasteiger partial charge in [-0.1, -0.05) is 152 Å². The molecule has 0 bridgehead atoms. The van der Waals surface area contributed by atoms with Crippen molar-refractivity contribution in [2.75, 3.05) is 32.9 Å². The largest absolute Gasteiger partial charge is 0.460 e. The Morgan fingerprint density at radius 2 is 1.13 bits per heavy atom. The monoisotopic (exact) mass is 898 g/mol. The first kappa shape index (κ1) is 47.0. The Bertz CT molecular complexity index is 2550. The average molecular weight is 899 g/mol. The van der Waals surface area contributed by atoms with Crippen molar-refractivity contribution in [2.45, 2.75) is 89.6 Å². The number of hydrogen-bond acceptors (Lipinski definition) is 7. The van der Waals surface area contributed by atoms with Crippen LogP contribution < -0.4 is 5.32 Å². The van der Waals surface area contributed by atoms with Crippen molar-refractivity contribution in [3.63, 3.8) is 0 Å². The van der Waals surface area contributed by atoms with Crippen LogP contribution in [0.5, 0.6) is 0 Å². The highest BCUT2D eigenvalue weighted by atomic mass is 16.7. The minimum absolute atomic E-state index is 0.0222. The van der Waals surface area contributed by atoms with Crippen LogP contribution >= 0.6 is 0 Å². The number of carbonyl (C=O) groups excluding carboxylic acids is 3. The first-order valence-electron chi connectivity index (χ1n) is 23.7. The molecule has 0 heterocycles. The number of nitrogens with one attached hydrogen (secondary N) is 1. The number of ether oxygens (including phenoxy) is 4. The standard InChI is InChI=1S/C58H62N2O7/c1-6-64-54(65-7-2)37-60(34-33-42(39-21-10-8-11-22-39)40-23-12-9-13-24-40)56(62)52(36-53(61)67-58(3,4)5)59-57(63)66-38-51-48-31-19-16-28-45(48)49-32-20-25-41(55(49)51)35-50-46-29-17-14-26-43(46)44-27-15-18-30-47(44)50/h8-32,42,50-52,54H,6-7,33-38H2,1-5H3,(H,59,63). The smallest absolute Gasteiger partial charge is 0.407 e. The number of nitrogens with zero attached hydrogens (tertiary/aromatic N) is 1. The molecule has 0 saturated heterocycles. The van der Waals surface area contributed by atoms with E-state index < -0.39 is 42.3 Å². The Kier molecular flexibility index (Phi) is 15.0. The summed E-state index contributed by atoms with van der Waals surface area (Å²) in [5.74, 6) is -1.23. The van der Waals surface area contributed by atoms with Crippen LogP contribution in [0.1, 0.15) is 104 Å². The van der Waals surface area contributed by atoms with Gasteiger partial charge in [-0.15, -0.1) is 0 Å². The van der Waals surface area contributed by atoms with Gasteiger partial charge in [0.05, 0.1) is 13.0 Å². The maximum atomic E-state index is 15.0. The molecule has 0 aromatic heterocycles. The molecule has 0 aliphatic heterocycles. The molecule has 9 nitrogen and oxygen atoms in total. The van der Waals surface area contributed by atoms with Gasteiger partial charge in [-0.2, -0.15) is 0 Å². The van der Waals surface area contributed by atoms with E-state index in [0.29, 0.717) is 19.6 Å². The van der Waals surface area contributed by atoms with Crippen molar-refractivity contribution in [1.82, 2.24) is 10.2 Å². The van der Waals surface area contributed by atoms with E-state index in [1.54, 1.807) is 25.7 Å². The van der Waals surface area contributed by atoms with Crippen LogP contribution in [0.3, 0.4) is 0 Å². The summed E-state index contributed by atoms with van der Waals surface area (Å²) in [6, 6.07) is 51.1. The summed E-state index contributed by atoms with van der Waals surface area (Å²) in [6.45, 7) is 10.2. The van der Waals surface area contributed by atoms with Crippen LogP contribution in [0.2, 0.25) is 0 Å². The van der Waals surface area contributed by atoms with E-state index in [2.05, 4.69) is 108 Å². The van der Waals surface area contributed by atoms with E-state index in [1.807, 2.05) is 62.4 Å². The lowest BCUT2D eigenvalue weighted by molar-refractivity contribution is -0.163. The average Bonchev–Trinajstić information content (AvgIpc) is 3.83. The molecule has 0 saturated carbocycles. The van der Waals surface area contributed by atoms with Crippen LogP contribution in [0.4, 0.5) is 4.79 Å². The lowest BCUT2D eigenvalue weighted by Gasteiger charge is -2.32. The number of alkyl carbamates (subject to hydrolysis) is 1. The van der Waals surface area contributed by atoms with Gasteiger partial charge < -0.3 is 29.2 Å². The van der Waals surface area contributed by atoms with Crippen molar-refractivity contribution in [2.24, 2.45) is 0 Å². The number of esters is 1. The third-order valence-electron chi connectivity index (χ3n) is 12.8. The molecule has 2 aliphatic rings. The van der Waals surface area contributed by atoms with E-state index in [9.17, 15) is 9.59 Å². The van der Waals surface area contributed by atoms with E-state index in [0.717, 1.165) is 39.8 Å². The number of carbonyl (C=O) groups is 3. The Labute approximate surface area is 395 Å². The van der Waals surface area contributed by atoms with Crippen molar-refractivity contribution in [1.29, 1.82) is 0 Å². The number of benzene rings is 6. The predicted molar refractivity (Wildman–Crippen MR) is 263 cm³/mol. The summed E-state index contributed by atoms with van der Waals surface area (Å²) in [4.78, 5) is 44.5. The molecular formula is C58H62N2O7. The number of amides is 2. The van der Waals surface area contributed by atoms with Crippen molar-refractivity contribution in [3.05, 3.63) is 191 Å². The first-order valence-corrected chi connectivity index (χ1v) is 23.7. The minimum Gasteiger partial charge on any atom is -0.460 e. The van der Waals surface area contributed by atoms with E-state index in [1.165, 1.54) is 27.8 Å². The molecule has 9 heteroatoms. The van der Waals surface area contributed by atoms with E-state index in [-0.39, 0.29) is 37.5 Å². The fourth-order valence-corrected chi connectivity index (χ4v) is 10.0. The maximum absolute atomic E-state index is 15.0. The fourth-order valence-electron chi connectivity index (χ4n) is 10.0. The number of fused-ring (bicyclic) bond motifs is 6. The van der Waals surface area contributed by atoms with Gasteiger partial charge in [0.1, 0.15) is 18.2 Å². The summed E-state index contributed by atoms with van der Waals surface area (Å²) in [5, 5.41) is 2.83. The first-order chi connectivity index (χ1) is 32.5. The zero-order valence-electron chi connectivity index (χ0n) is 39.3. The molecule has 6 aromatic carbocycles. The van der Waals surface area contributed by atoms with Gasteiger partial charge >= 0.3 is 12.1 Å². The van der Waals surface area contributed by atoms with Crippen LogP contribution in [0.25, 0.3) is 22.3 Å². The number of hydrogen-bond donors (Lipinski definition) is 1. The Morgan fingerprint density at radius 1 is 0.627 bits per heavy atom. The Balaban J connectivity index is 1.06. The predicted octanol–water partition coefficient (Wildman–Crippen LogP) is 11.4. The number of rotatable bonds is 19. The molecule has 1 N–H and O–H groups in total. The molecule has 2 amide bonds. The summed E-state index contributed by atoms with van der Waals surface area (Å²) in [5.41, 5.74) is 12.2. The van der Waals surface area contributed by atoms with Gasteiger partial charge in [0.15, 0.2) is 6.29 Å². The van der Waals surface area contributed by atoms with Gasteiger partial charge in [0.25, 0.3) is 0 Å². The molecule has 2 unspecified atom stereocenters. The van der Waals surface area contributed by atoms with Gasteiger partial charge in [0, 0.05) is 37.5 Å². The highest BCUT2D eigenvalue weighted by Crippen LogP contribution is 2.50.